The number of carbonyl (C=O) groups excluding carboxylic acids is 2. The summed E-state index contributed by atoms with van der Waals surface area (Å²) >= 11 is 0. The fourth-order valence-electron chi connectivity index (χ4n) is 4.53. The number of ketones is 2. The Bertz CT molecular complexity index is 1240. The summed E-state index contributed by atoms with van der Waals surface area (Å²) in [7, 11) is 0.151. The monoisotopic (exact) mass is 456 g/mol. The molecule has 0 N–H and O–H groups in total. The maximum absolute atomic E-state index is 13.6. The molecule has 0 amide bonds. The highest BCUT2D eigenvalue weighted by atomic mass is 32.2. The second-order valence-electron chi connectivity index (χ2n) is 7.85. The molecule has 8 heteroatoms. The molecule has 0 fully saturated rings. The Morgan fingerprint density at radius 1 is 0.906 bits per heavy atom. The van der Waals surface area contributed by atoms with Crippen LogP contribution in [0.4, 0.5) is 0 Å². The van der Waals surface area contributed by atoms with Crippen LogP contribution >= 0.6 is 0 Å². The van der Waals surface area contributed by atoms with E-state index in [4.69, 9.17) is 14.2 Å². The number of allylic oxidation sites excluding steroid dienone is 1. The minimum atomic E-state index is -4.14. The maximum atomic E-state index is 13.6. The average Bonchev–Trinajstić information content (AvgIpc) is 3.00. The van der Waals surface area contributed by atoms with E-state index in [1.807, 2.05) is 6.92 Å². The van der Waals surface area contributed by atoms with Crippen LogP contribution in [-0.2, 0) is 30.6 Å². The van der Waals surface area contributed by atoms with Crippen LogP contribution in [0.1, 0.15) is 23.1 Å². The van der Waals surface area contributed by atoms with E-state index >= 15 is 0 Å². The van der Waals surface area contributed by atoms with Crippen molar-refractivity contribution in [2.75, 3.05) is 21.3 Å². The first-order valence-corrected chi connectivity index (χ1v) is 11.7. The highest BCUT2D eigenvalue weighted by Gasteiger charge is 2.53. The smallest absolute Gasteiger partial charge is 0.191 e. The molecular weight excluding hydrogens is 432 g/mol. The lowest BCUT2D eigenvalue weighted by atomic mass is 9.94. The third kappa shape index (κ3) is 3.25. The van der Waals surface area contributed by atoms with Crippen molar-refractivity contribution in [1.82, 2.24) is 0 Å². The van der Waals surface area contributed by atoms with E-state index in [-0.39, 0.29) is 22.5 Å². The molecule has 2 aliphatic rings. The first kappa shape index (κ1) is 22.2. The zero-order valence-electron chi connectivity index (χ0n) is 18.3. The van der Waals surface area contributed by atoms with Crippen LogP contribution in [0, 0.1) is 6.92 Å². The Morgan fingerprint density at radius 3 is 2.19 bits per heavy atom. The molecule has 2 unspecified atom stereocenters. The normalized spacial score (nSPS) is 20.6. The lowest BCUT2D eigenvalue weighted by molar-refractivity contribution is -0.121. The summed E-state index contributed by atoms with van der Waals surface area (Å²) in [5.74, 6) is -0.379. The molecule has 32 heavy (non-hydrogen) atoms. The minimum absolute atomic E-state index is 0.00596. The van der Waals surface area contributed by atoms with E-state index in [0.717, 1.165) is 11.1 Å². The second kappa shape index (κ2) is 8.18. The molecule has 0 saturated heterocycles. The van der Waals surface area contributed by atoms with Gasteiger partial charge in [-0.15, -0.1) is 0 Å². The molecule has 168 valence electrons. The Morgan fingerprint density at radius 2 is 1.59 bits per heavy atom. The summed E-state index contributed by atoms with van der Waals surface area (Å²) in [6, 6.07) is 9.80. The molecule has 0 saturated carbocycles. The van der Waals surface area contributed by atoms with Crippen molar-refractivity contribution in [1.29, 1.82) is 0 Å². The molecular formula is C24H24O7S. The molecule has 0 spiro atoms. The highest BCUT2D eigenvalue weighted by molar-refractivity contribution is 7.93. The number of fused-ring (bicyclic) bond motifs is 2. The third-order valence-electron chi connectivity index (χ3n) is 6.07. The number of aryl methyl sites for hydroxylation is 2. The topological polar surface area (TPSA) is 96.0 Å². The summed E-state index contributed by atoms with van der Waals surface area (Å²) in [6.07, 6.45) is -0.688. The van der Waals surface area contributed by atoms with Gasteiger partial charge in [0.15, 0.2) is 38.2 Å². The van der Waals surface area contributed by atoms with Crippen molar-refractivity contribution >= 4 is 27.0 Å². The van der Waals surface area contributed by atoms with Crippen molar-refractivity contribution in [2.24, 2.45) is 0 Å². The molecule has 2 aromatic carbocycles. The van der Waals surface area contributed by atoms with Gasteiger partial charge in [0.2, 0.25) is 0 Å². The number of carbonyl (C=O) groups is 2. The number of benzene rings is 2. The predicted molar refractivity (Wildman–Crippen MR) is 118 cm³/mol. The van der Waals surface area contributed by atoms with E-state index in [1.165, 1.54) is 33.5 Å². The largest absolute Gasteiger partial charge is 0.493 e. The van der Waals surface area contributed by atoms with Gasteiger partial charge in [-0.05, 0) is 37.1 Å². The zero-order chi connectivity index (χ0) is 23.2. The van der Waals surface area contributed by atoms with Gasteiger partial charge in [0.1, 0.15) is 6.10 Å². The third-order valence-corrected chi connectivity index (χ3v) is 8.13. The molecule has 2 aliphatic carbocycles. The van der Waals surface area contributed by atoms with Gasteiger partial charge in [-0.2, -0.15) is 0 Å². The lowest BCUT2D eigenvalue weighted by Gasteiger charge is -2.24. The van der Waals surface area contributed by atoms with Crippen LogP contribution in [0.25, 0.3) is 5.57 Å². The first-order chi connectivity index (χ1) is 15.3. The van der Waals surface area contributed by atoms with Crippen LogP contribution in [-0.4, -0.2) is 52.7 Å². The average molecular weight is 457 g/mol. The quantitative estimate of drug-likeness (QED) is 0.639. The van der Waals surface area contributed by atoms with Gasteiger partial charge in [-0.1, -0.05) is 23.8 Å². The molecule has 2 atom stereocenters. The summed E-state index contributed by atoms with van der Waals surface area (Å²) in [5, 5.41) is -1.56. The lowest BCUT2D eigenvalue weighted by Crippen LogP contribution is -2.38. The Kier molecular flexibility index (Phi) is 5.68. The van der Waals surface area contributed by atoms with E-state index in [1.54, 1.807) is 24.3 Å². The van der Waals surface area contributed by atoms with Gasteiger partial charge in [0.25, 0.3) is 0 Å². The van der Waals surface area contributed by atoms with Crippen molar-refractivity contribution in [2.45, 2.75) is 36.0 Å². The fraction of sp³-hybridized carbons (Fsp3) is 0.333. The van der Waals surface area contributed by atoms with Crippen molar-refractivity contribution in [3.8, 4) is 11.5 Å². The van der Waals surface area contributed by atoms with Gasteiger partial charge in [0.05, 0.1) is 24.7 Å². The maximum Gasteiger partial charge on any atom is 0.191 e. The number of Topliss-reactive ketones (excluding diaryl/α,β-unsaturated/α-hetero) is 2. The van der Waals surface area contributed by atoms with Gasteiger partial charge >= 0.3 is 0 Å². The summed E-state index contributed by atoms with van der Waals surface area (Å²) < 4.78 is 43.7. The summed E-state index contributed by atoms with van der Waals surface area (Å²) in [4.78, 5) is 26.6. The van der Waals surface area contributed by atoms with E-state index in [0.29, 0.717) is 23.5 Å². The van der Waals surface area contributed by atoms with Crippen molar-refractivity contribution < 1.29 is 32.2 Å². The Hall–Kier alpha value is -2.97. The van der Waals surface area contributed by atoms with Gasteiger partial charge in [-0.3, -0.25) is 9.59 Å². The van der Waals surface area contributed by atoms with Crippen LogP contribution < -0.4 is 9.47 Å². The molecule has 0 aromatic heterocycles. The molecule has 2 aromatic rings. The Labute approximate surface area is 186 Å². The van der Waals surface area contributed by atoms with Gasteiger partial charge in [-0.25, -0.2) is 8.42 Å². The zero-order valence-corrected chi connectivity index (χ0v) is 19.1. The van der Waals surface area contributed by atoms with Crippen LogP contribution in [0.3, 0.4) is 0 Å². The molecule has 0 bridgehead atoms. The fourth-order valence-corrected chi connectivity index (χ4v) is 6.31. The first-order valence-electron chi connectivity index (χ1n) is 10.1. The Balaban J connectivity index is 1.97. The SMILES string of the molecule is COc1ccc2c(c1OC)C1=C(C(=O)CC2)C(=O)C(S(=O)(=O)c2ccc(C)cc2)C1OC. The number of hydrogen-bond donors (Lipinski definition) is 0. The van der Waals surface area contributed by atoms with Crippen LogP contribution in [0.15, 0.2) is 46.9 Å². The van der Waals surface area contributed by atoms with Crippen LogP contribution in [0.5, 0.6) is 11.5 Å². The summed E-state index contributed by atoms with van der Waals surface area (Å²) in [6.45, 7) is 1.84. The number of rotatable bonds is 5. The van der Waals surface area contributed by atoms with Crippen LogP contribution in [0.2, 0.25) is 0 Å². The van der Waals surface area contributed by atoms with E-state index < -0.39 is 32.8 Å². The van der Waals surface area contributed by atoms with Crippen molar-refractivity contribution in [3.05, 3.63) is 58.7 Å². The standard InChI is InChI=1S/C24H24O7S/c1-13-5-9-15(10-6-13)32(27,28)24-21(26)19-16(25)11-7-14-8-12-17(29-2)22(30-3)18(14)20(19)23(24)31-4/h5-6,8-10,12,23-24H,7,11H2,1-4H3. The van der Waals surface area contributed by atoms with Crippen molar-refractivity contribution in [3.63, 3.8) is 0 Å². The van der Waals surface area contributed by atoms with E-state index in [2.05, 4.69) is 0 Å². The predicted octanol–water partition coefficient (Wildman–Crippen LogP) is 2.72. The number of sulfone groups is 1. The molecule has 4 rings (SSSR count). The highest BCUT2D eigenvalue weighted by Crippen LogP contribution is 2.48. The molecule has 0 aliphatic heterocycles. The molecule has 0 heterocycles. The number of ether oxygens (including phenoxy) is 3. The molecule has 7 nitrogen and oxygen atoms in total. The molecule has 0 radical (unpaired) electrons. The summed E-state index contributed by atoms with van der Waals surface area (Å²) in [5.41, 5.74) is 2.29. The number of hydrogen-bond acceptors (Lipinski definition) is 7. The minimum Gasteiger partial charge on any atom is -0.493 e. The van der Waals surface area contributed by atoms with Gasteiger partial charge < -0.3 is 14.2 Å². The number of methoxy groups -OCH3 is 3. The van der Waals surface area contributed by atoms with Gasteiger partial charge in [0, 0.05) is 24.7 Å². The second-order valence-corrected chi connectivity index (χ2v) is 9.92. The van der Waals surface area contributed by atoms with E-state index in [9.17, 15) is 18.0 Å².